The zero-order valence-electron chi connectivity index (χ0n) is 6.71. The minimum absolute atomic E-state index is 0.417. The Morgan fingerprint density at radius 3 is 2.73 bits per heavy atom. The van der Waals surface area contributed by atoms with Gasteiger partial charge in [-0.3, -0.25) is 4.99 Å². The Bertz CT molecular complexity index is 188. The molecule has 60 valence electrons. The van der Waals surface area contributed by atoms with E-state index in [0.717, 1.165) is 19.6 Å². The zero-order chi connectivity index (χ0) is 7.57. The van der Waals surface area contributed by atoms with Crippen LogP contribution in [0.5, 0.6) is 0 Å². The van der Waals surface area contributed by atoms with E-state index < -0.39 is 0 Å². The van der Waals surface area contributed by atoms with Crippen LogP contribution in [0.4, 0.5) is 0 Å². The summed E-state index contributed by atoms with van der Waals surface area (Å²) in [6, 6.07) is 0. The SMILES string of the molecule is C1=CC2(CCNCC2)CN=C1. The van der Waals surface area contributed by atoms with E-state index in [-0.39, 0.29) is 0 Å². The molecule has 0 aliphatic carbocycles. The van der Waals surface area contributed by atoms with Crippen LogP contribution in [0.25, 0.3) is 0 Å². The van der Waals surface area contributed by atoms with Gasteiger partial charge in [-0.15, -0.1) is 0 Å². The molecule has 0 aromatic heterocycles. The van der Waals surface area contributed by atoms with Crippen LogP contribution in [0.2, 0.25) is 0 Å². The molecule has 2 rings (SSSR count). The molecule has 1 fully saturated rings. The molecule has 0 radical (unpaired) electrons. The lowest BCUT2D eigenvalue weighted by Crippen LogP contribution is -2.38. The normalized spacial score (nSPS) is 27.6. The van der Waals surface area contributed by atoms with Gasteiger partial charge in [0.05, 0.1) is 0 Å². The van der Waals surface area contributed by atoms with E-state index in [2.05, 4.69) is 22.5 Å². The standard InChI is InChI=1S/C9H14N2/c1-2-9(8-11-5-1)3-6-10-7-4-9/h1-2,5,10H,3-4,6-8H2. The first-order valence-corrected chi connectivity index (χ1v) is 4.30. The molecule has 0 atom stereocenters. The van der Waals surface area contributed by atoms with Gasteiger partial charge in [0.25, 0.3) is 0 Å². The van der Waals surface area contributed by atoms with Crippen molar-refractivity contribution in [3.8, 4) is 0 Å². The quantitative estimate of drug-likeness (QED) is 0.547. The summed E-state index contributed by atoms with van der Waals surface area (Å²) in [7, 11) is 0. The predicted octanol–water partition coefficient (Wildman–Crippen LogP) is 0.997. The Hall–Kier alpha value is -0.630. The molecule has 2 aliphatic heterocycles. The molecular formula is C9H14N2. The van der Waals surface area contributed by atoms with E-state index in [1.807, 2.05) is 6.21 Å². The molecule has 2 nitrogen and oxygen atoms in total. The van der Waals surface area contributed by atoms with Crippen molar-refractivity contribution in [1.82, 2.24) is 5.32 Å². The lowest BCUT2D eigenvalue weighted by Gasteiger charge is -2.34. The fourth-order valence-electron chi connectivity index (χ4n) is 1.84. The average Bonchev–Trinajstić information content (AvgIpc) is 2.07. The van der Waals surface area contributed by atoms with Crippen molar-refractivity contribution in [3.05, 3.63) is 12.2 Å². The Labute approximate surface area is 67.4 Å². The van der Waals surface area contributed by atoms with E-state index in [1.54, 1.807) is 0 Å². The molecule has 0 aromatic rings. The van der Waals surface area contributed by atoms with Crippen LogP contribution < -0.4 is 5.32 Å². The van der Waals surface area contributed by atoms with Gasteiger partial charge in [0.2, 0.25) is 0 Å². The molecule has 2 heterocycles. The van der Waals surface area contributed by atoms with E-state index in [4.69, 9.17) is 0 Å². The number of hydrogen-bond donors (Lipinski definition) is 1. The van der Waals surface area contributed by atoms with Crippen LogP contribution in [0.15, 0.2) is 17.1 Å². The van der Waals surface area contributed by atoms with Gasteiger partial charge < -0.3 is 5.32 Å². The first-order valence-electron chi connectivity index (χ1n) is 4.30. The van der Waals surface area contributed by atoms with Crippen LogP contribution >= 0.6 is 0 Å². The summed E-state index contributed by atoms with van der Waals surface area (Å²) in [5.74, 6) is 0. The first kappa shape index (κ1) is 7.04. The molecule has 2 heteroatoms. The first-order chi connectivity index (χ1) is 5.41. The summed E-state index contributed by atoms with van der Waals surface area (Å²) < 4.78 is 0. The highest BCUT2D eigenvalue weighted by Crippen LogP contribution is 2.31. The third-order valence-electron chi connectivity index (χ3n) is 2.65. The summed E-state index contributed by atoms with van der Waals surface area (Å²) in [5, 5.41) is 3.37. The predicted molar refractivity (Wildman–Crippen MR) is 47.0 cm³/mol. The van der Waals surface area contributed by atoms with Crippen molar-refractivity contribution in [2.75, 3.05) is 19.6 Å². The highest BCUT2D eigenvalue weighted by Gasteiger charge is 2.29. The van der Waals surface area contributed by atoms with Crippen LogP contribution in [-0.4, -0.2) is 25.8 Å². The third-order valence-corrected chi connectivity index (χ3v) is 2.65. The average molecular weight is 150 g/mol. The molecule has 0 amide bonds. The highest BCUT2D eigenvalue weighted by atomic mass is 14.9. The van der Waals surface area contributed by atoms with Gasteiger partial charge in [-0.1, -0.05) is 6.08 Å². The van der Waals surface area contributed by atoms with E-state index in [0.29, 0.717) is 5.41 Å². The Kier molecular flexibility index (Phi) is 1.78. The largest absolute Gasteiger partial charge is 0.317 e. The number of allylic oxidation sites excluding steroid dienone is 1. The summed E-state index contributed by atoms with van der Waals surface area (Å²) in [4.78, 5) is 4.31. The third kappa shape index (κ3) is 1.36. The second-order valence-electron chi connectivity index (χ2n) is 3.46. The smallest absolute Gasteiger partial charge is 0.0481 e. The molecule has 0 unspecified atom stereocenters. The van der Waals surface area contributed by atoms with E-state index in [9.17, 15) is 0 Å². The van der Waals surface area contributed by atoms with E-state index in [1.165, 1.54) is 12.8 Å². The molecular weight excluding hydrogens is 136 g/mol. The van der Waals surface area contributed by atoms with Crippen molar-refractivity contribution in [1.29, 1.82) is 0 Å². The van der Waals surface area contributed by atoms with Gasteiger partial charge in [0, 0.05) is 18.2 Å². The van der Waals surface area contributed by atoms with Gasteiger partial charge in [-0.05, 0) is 32.0 Å². The van der Waals surface area contributed by atoms with Crippen molar-refractivity contribution in [2.24, 2.45) is 10.4 Å². The van der Waals surface area contributed by atoms with Gasteiger partial charge in [-0.25, -0.2) is 0 Å². The van der Waals surface area contributed by atoms with E-state index >= 15 is 0 Å². The van der Waals surface area contributed by atoms with Crippen molar-refractivity contribution in [3.63, 3.8) is 0 Å². The maximum atomic E-state index is 4.31. The monoisotopic (exact) mass is 150 g/mol. The molecule has 1 saturated heterocycles. The topological polar surface area (TPSA) is 24.4 Å². The maximum absolute atomic E-state index is 4.31. The molecule has 11 heavy (non-hydrogen) atoms. The number of aliphatic imine (C=N–C) groups is 1. The lowest BCUT2D eigenvalue weighted by atomic mass is 9.78. The minimum atomic E-state index is 0.417. The van der Waals surface area contributed by atoms with Crippen molar-refractivity contribution < 1.29 is 0 Å². The van der Waals surface area contributed by atoms with Crippen LogP contribution in [0, 0.1) is 5.41 Å². The summed E-state index contributed by atoms with van der Waals surface area (Å²) in [6.07, 6.45) is 8.84. The molecule has 1 spiro atoms. The van der Waals surface area contributed by atoms with Crippen molar-refractivity contribution in [2.45, 2.75) is 12.8 Å². The highest BCUT2D eigenvalue weighted by molar-refractivity contribution is 5.72. The molecule has 0 aromatic carbocycles. The number of hydrogen-bond acceptors (Lipinski definition) is 2. The van der Waals surface area contributed by atoms with Crippen LogP contribution in [0.3, 0.4) is 0 Å². The van der Waals surface area contributed by atoms with Crippen LogP contribution in [0.1, 0.15) is 12.8 Å². The molecule has 1 N–H and O–H groups in total. The minimum Gasteiger partial charge on any atom is -0.317 e. The molecule has 0 saturated carbocycles. The van der Waals surface area contributed by atoms with Gasteiger partial charge in [0.1, 0.15) is 0 Å². The maximum Gasteiger partial charge on any atom is 0.0481 e. The zero-order valence-corrected chi connectivity index (χ0v) is 6.71. The van der Waals surface area contributed by atoms with Crippen molar-refractivity contribution >= 4 is 6.21 Å². The van der Waals surface area contributed by atoms with Gasteiger partial charge in [-0.2, -0.15) is 0 Å². The number of rotatable bonds is 0. The Balaban J connectivity index is 2.08. The Morgan fingerprint density at radius 1 is 1.27 bits per heavy atom. The number of dihydropyridines is 1. The number of piperidine rings is 1. The number of nitrogens with zero attached hydrogens (tertiary/aromatic N) is 1. The van der Waals surface area contributed by atoms with Crippen LogP contribution in [-0.2, 0) is 0 Å². The lowest BCUT2D eigenvalue weighted by molar-refractivity contribution is 0.281. The fourth-order valence-corrected chi connectivity index (χ4v) is 1.84. The van der Waals surface area contributed by atoms with Gasteiger partial charge in [0.15, 0.2) is 0 Å². The second kappa shape index (κ2) is 2.78. The second-order valence-corrected chi connectivity index (χ2v) is 3.46. The summed E-state index contributed by atoms with van der Waals surface area (Å²) >= 11 is 0. The fraction of sp³-hybridized carbons (Fsp3) is 0.667. The number of nitrogens with one attached hydrogen (secondary N) is 1. The molecule has 0 bridgehead atoms. The Morgan fingerprint density at radius 2 is 2.09 bits per heavy atom. The van der Waals surface area contributed by atoms with Gasteiger partial charge >= 0.3 is 0 Å². The summed E-state index contributed by atoms with van der Waals surface area (Å²) in [5.41, 5.74) is 0.417. The molecule has 2 aliphatic rings. The summed E-state index contributed by atoms with van der Waals surface area (Å²) in [6.45, 7) is 3.31.